The maximum absolute atomic E-state index is 4.61. The molecule has 2 aliphatic heterocycles. The lowest BCUT2D eigenvalue weighted by Gasteiger charge is -2.10. The molecule has 2 aromatic rings. The van der Waals surface area contributed by atoms with Crippen LogP contribution in [0.15, 0.2) is 18.7 Å². The van der Waals surface area contributed by atoms with E-state index in [1.165, 1.54) is 30.1 Å². The van der Waals surface area contributed by atoms with Gasteiger partial charge >= 0.3 is 0 Å². The molecule has 0 bridgehead atoms. The summed E-state index contributed by atoms with van der Waals surface area (Å²) in [5, 5.41) is 0. The fourth-order valence-corrected chi connectivity index (χ4v) is 3.04. The summed E-state index contributed by atoms with van der Waals surface area (Å²) in [6, 6.07) is 0. The summed E-state index contributed by atoms with van der Waals surface area (Å²) >= 11 is 0. The zero-order valence-electron chi connectivity index (χ0n) is 9.13. The fraction of sp³-hybridized carbons (Fsp3) is 0.500. The first kappa shape index (κ1) is 8.56. The quantitative estimate of drug-likeness (QED) is 0.718. The van der Waals surface area contributed by atoms with E-state index < -0.39 is 0 Å². The van der Waals surface area contributed by atoms with E-state index in [1.54, 1.807) is 0 Å². The lowest BCUT2D eigenvalue weighted by Crippen LogP contribution is -2.09. The lowest BCUT2D eigenvalue weighted by molar-refractivity contribution is 0.568. The summed E-state index contributed by atoms with van der Waals surface area (Å²) in [5.41, 5.74) is 2.77. The van der Waals surface area contributed by atoms with Crippen molar-refractivity contribution in [3.63, 3.8) is 0 Å². The van der Waals surface area contributed by atoms with Gasteiger partial charge in [-0.2, -0.15) is 0 Å². The van der Waals surface area contributed by atoms with E-state index in [2.05, 4.69) is 25.3 Å². The Morgan fingerprint density at radius 1 is 1.25 bits per heavy atom. The monoisotopic (exact) mass is 214 g/mol. The topological polar surface area (TPSA) is 35.6 Å². The molecule has 4 nitrogen and oxygen atoms in total. The van der Waals surface area contributed by atoms with Gasteiger partial charge in [0.05, 0.1) is 6.33 Å². The van der Waals surface area contributed by atoms with Crippen molar-refractivity contribution in [2.24, 2.45) is 0 Å². The molecular weight excluding hydrogens is 200 g/mol. The van der Waals surface area contributed by atoms with Crippen molar-refractivity contribution in [1.29, 1.82) is 0 Å². The van der Waals surface area contributed by atoms with Gasteiger partial charge < -0.3 is 9.13 Å². The van der Waals surface area contributed by atoms with Crippen LogP contribution >= 0.6 is 0 Å². The van der Waals surface area contributed by atoms with Crippen LogP contribution in [0.1, 0.15) is 29.6 Å². The molecule has 0 radical (unpaired) electrons. The van der Waals surface area contributed by atoms with Crippen molar-refractivity contribution in [1.82, 2.24) is 19.1 Å². The van der Waals surface area contributed by atoms with E-state index in [4.69, 9.17) is 0 Å². The third-order valence-corrected chi connectivity index (χ3v) is 3.82. The van der Waals surface area contributed by atoms with Gasteiger partial charge in [0.25, 0.3) is 0 Å². The van der Waals surface area contributed by atoms with Crippen molar-refractivity contribution in [2.45, 2.75) is 38.3 Å². The van der Waals surface area contributed by atoms with E-state index >= 15 is 0 Å². The van der Waals surface area contributed by atoms with Gasteiger partial charge in [0.2, 0.25) is 0 Å². The highest BCUT2D eigenvalue weighted by molar-refractivity contribution is 5.18. The van der Waals surface area contributed by atoms with Gasteiger partial charge in [-0.15, -0.1) is 0 Å². The van der Waals surface area contributed by atoms with Crippen LogP contribution in [0.5, 0.6) is 0 Å². The van der Waals surface area contributed by atoms with Gasteiger partial charge in [-0.25, -0.2) is 9.97 Å². The second kappa shape index (κ2) is 2.97. The molecule has 0 saturated carbocycles. The number of nitrogens with zero attached hydrogens (tertiary/aromatic N) is 4. The maximum Gasteiger partial charge on any atom is 0.114 e. The van der Waals surface area contributed by atoms with Crippen LogP contribution in [0.25, 0.3) is 0 Å². The molecule has 4 heteroatoms. The predicted molar refractivity (Wildman–Crippen MR) is 59.2 cm³/mol. The molecule has 1 unspecified atom stereocenters. The summed E-state index contributed by atoms with van der Waals surface area (Å²) in [6.07, 6.45) is 9.56. The van der Waals surface area contributed by atoms with Crippen LogP contribution in [-0.2, 0) is 25.9 Å². The van der Waals surface area contributed by atoms with Gasteiger partial charge in [0.1, 0.15) is 5.82 Å². The Morgan fingerprint density at radius 2 is 2.25 bits per heavy atom. The largest absolute Gasteiger partial charge is 0.334 e. The van der Waals surface area contributed by atoms with Crippen molar-refractivity contribution >= 4 is 0 Å². The van der Waals surface area contributed by atoms with E-state index in [0.717, 1.165) is 19.5 Å². The third-order valence-electron chi connectivity index (χ3n) is 3.82. The van der Waals surface area contributed by atoms with Crippen LogP contribution in [0.3, 0.4) is 0 Å². The molecule has 82 valence electrons. The molecule has 1 atom stereocenters. The number of fused-ring (bicyclic) bond motifs is 2. The Labute approximate surface area is 93.9 Å². The highest BCUT2D eigenvalue weighted by Crippen LogP contribution is 2.30. The highest BCUT2D eigenvalue weighted by Gasteiger charge is 2.28. The number of hydrogen-bond donors (Lipinski definition) is 0. The van der Waals surface area contributed by atoms with E-state index in [-0.39, 0.29) is 0 Å². The molecule has 0 amide bonds. The van der Waals surface area contributed by atoms with Gasteiger partial charge in [-0.3, -0.25) is 0 Å². The van der Waals surface area contributed by atoms with Crippen LogP contribution in [0.4, 0.5) is 0 Å². The number of imidazole rings is 2. The van der Waals surface area contributed by atoms with Gasteiger partial charge in [-0.1, -0.05) is 0 Å². The van der Waals surface area contributed by atoms with Gasteiger partial charge in [0, 0.05) is 49.2 Å². The fourth-order valence-electron chi connectivity index (χ4n) is 3.04. The summed E-state index contributed by atoms with van der Waals surface area (Å²) in [6.45, 7) is 2.21. The second-order valence-corrected chi connectivity index (χ2v) is 4.80. The number of rotatable bonds is 1. The normalized spacial score (nSPS) is 22.4. The Bertz CT molecular complexity index is 516. The van der Waals surface area contributed by atoms with Crippen molar-refractivity contribution in [3.05, 3.63) is 35.9 Å². The first-order chi connectivity index (χ1) is 7.92. The average Bonchev–Trinajstić information content (AvgIpc) is 2.95. The molecule has 16 heavy (non-hydrogen) atoms. The van der Waals surface area contributed by atoms with Crippen molar-refractivity contribution in [3.8, 4) is 0 Å². The summed E-state index contributed by atoms with van der Waals surface area (Å²) < 4.78 is 4.67. The van der Waals surface area contributed by atoms with Gasteiger partial charge in [-0.05, 0) is 12.8 Å². The molecular formula is C12H14N4. The summed E-state index contributed by atoms with van der Waals surface area (Å²) in [4.78, 5) is 8.78. The maximum atomic E-state index is 4.61. The minimum atomic E-state index is 0.560. The molecule has 0 fully saturated rings. The zero-order chi connectivity index (χ0) is 10.5. The predicted octanol–water partition coefficient (Wildman–Crippen LogP) is 1.37. The summed E-state index contributed by atoms with van der Waals surface area (Å²) in [5.74, 6) is 1.85. The molecule has 0 spiro atoms. The van der Waals surface area contributed by atoms with E-state index in [1.807, 2.05) is 12.5 Å². The van der Waals surface area contributed by atoms with Crippen LogP contribution in [0, 0.1) is 0 Å². The average molecular weight is 214 g/mol. The number of aryl methyl sites for hydroxylation is 1. The minimum absolute atomic E-state index is 0.560. The van der Waals surface area contributed by atoms with Crippen LogP contribution < -0.4 is 0 Å². The highest BCUT2D eigenvalue weighted by atomic mass is 15.1. The SMILES string of the molecule is c1ncn2c1CC(c1ncc3n1CCC3)C2. The van der Waals surface area contributed by atoms with Crippen LogP contribution in [-0.4, -0.2) is 19.1 Å². The second-order valence-electron chi connectivity index (χ2n) is 4.80. The number of aromatic nitrogens is 4. The zero-order valence-corrected chi connectivity index (χ0v) is 9.13. The minimum Gasteiger partial charge on any atom is -0.334 e. The number of hydrogen-bond acceptors (Lipinski definition) is 2. The molecule has 4 rings (SSSR count). The molecule has 4 heterocycles. The molecule has 0 aliphatic carbocycles. The van der Waals surface area contributed by atoms with E-state index in [9.17, 15) is 0 Å². The molecule has 0 aromatic carbocycles. The Balaban J connectivity index is 1.70. The van der Waals surface area contributed by atoms with Gasteiger partial charge in [0.15, 0.2) is 0 Å². The van der Waals surface area contributed by atoms with Crippen LogP contribution in [0.2, 0.25) is 0 Å². The Morgan fingerprint density at radius 3 is 3.19 bits per heavy atom. The standard InChI is InChI=1S/C12H14N4/c1-2-10-6-14-12(16(10)3-1)9-4-11-5-13-8-15(11)7-9/h5-6,8-9H,1-4,7H2. The molecule has 0 saturated heterocycles. The molecule has 2 aromatic heterocycles. The molecule has 2 aliphatic rings. The summed E-state index contributed by atoms with van der Waals surface area (Å²) in [7, 11) is 0. The lowest BCUT2D eigenvalue weighted by atomic mass is 10.1. The Hall–Kier alpha value is -1.58. The third kappa shape index (κ3) is 1.04. The molecule has 0 N–H and O–H groups in total. The van der Waals surface area contributed by atoms with E-state index in [0.29, 0.717) is 5.92 Å². The first-order valence-corrected chi connectivity index (χ1v) is 5.95. The smallest absolute Gasteiger partial charge is 0.114 e. The van der Waals surface area contributed by atoms with Crippen molar-refractivity contribution < 1.29 is 0 Å². The van der Waals surface area contributed by atoms with Crippen molar-refractivity contribution in [2.75, 3.05) is 0 Å². The Kier molecular flexibility index (Phi) is 1.59. The first-order valence-electron chi connectivity index (χ1n) is 5.95.